The molecule has 9 heteroatoms. The maximum absolute atomic E-state index is 13.6. The van der Waals surface area contributed by atoms with Gasteiger partial charge < -0.3 is 15.4 Å². The Labute approximate surface area is 221 Å². The summed E-state index contributed by atoms with van der Waals surface area (Å²) < 4.78 is 19.1. The second kappa shape index (κ2) is 11.0. The van der Waals surface area contributed by atoms with Crippen molar-refractivity contribution in [3.05, 3.63) is 59.7 Å². The molecule has 5 rings (SSSR count). The number of anilines is 3. The van der Waals surface area contributed by atoms with Gasteiger partial charge in [-0.15, -0.1) is 0 Å². The van der Waals surface area contributed by atoms with Crippen LogP contribution in [0.4, 0.5) is 21.6 Å². The fraction of sp³-hybridized carbons (Fsp3) is 0.393. The molecule has 2 aromatic carbocycles. The lowest BCUT2D eigenvalue weighted by Crippen LogP contribution is -2.36. The third-order valence-corrected chi connectivity index (χ3v) is 7.64. The molecule has 2 fully saturated rings. The van der Waals surface area contributed by atoms with Crippen LogP contribution in [-0.4, -0.2) is 47.5 Å². The zero-order chi connectivity index (χ0) is 25.9. The van der Waals surface area contributed by atoms with E-state index in [0.29, 0.717) is 33.8 Å². The van der Waals surface area contributed by atoms with Crippen molar-refractivity contribution in [3.63, 3.8) is 0 Å². The first-order valence-electron chi connectivity index (χ1n) is 12.7. The van der Waals surface area contributed by atoms with Crippen LogP contribution in [0.25, 0.3) is 10.9 Å². The van der Waals surface area contributed by atoms with E-state index in [0.717, 1.165) is 37.4 Å². The molecule has 1 saturated carbocycles. The molecule has 7 nitrogen and oxygen atoms in total. The van der Waals surface area contributed by atoms with Crippen molar-refractivity contribution in [2.75, 3.05) is 37.4 Å². The number of hydrogen-bond acceptors (Lipinski definition) is 6. The number of amides is 1. The predicted molar refractivity (Wildman–Crippen MR) is 145 cm³/mol. The van der Waals surface area contributed by atoms with Gasteiger partial charge in [-0.2, -0.15) is 0 Å². The molecule has 2 aliphatic rings. The minimum Gasteiger partial charge on any atom is -0.494 e. The molecular weight excluding hydrogens is 493 g/mol. The van der Waals surface area contributed by atoms with Gasteiger partial charge in [0.15, 0.2) is 0 Å². The van der Waals surface area contributed by atoms with Crippen LogP contribution in [0.3, 0.4) is 0 Å². The summed E-state index contributed by atoms with van der Waals surface area (Å²) in [5.74, 6) is 2.80. The predicted octanol–water partition coefficient (Wildman–Crippen LogP) is 6.04. The molecular formula is C28H31ClFN5O2. The smallest absolute Gasteiger partial charge is 0.248 e. The van der Waals surface area contributed by atoms with Gasteiger partial charge in [-0.05, 0) is 67.8 Å². The second-order valence-electron chi connectivity index (χ2n) is 9.98. The Bertz CT molecular complexity index is 1330. The molecule has 0 bridgehead atoms. The zero-order valence-corrected chi connectivity index (χ0v) is 21.8. The van der Waals surface area contributed by atoms with E-state index in [4.69, 9.17) is 16.3 Å². The normalized spacial score (nSPS) is 21.8. The van der Waals surface area contributed by atoms with Crippen molar-refractivity contribution >= 4 is 45.6 Å². The number of halogens is 2. The van der Waals surface area contributed by atoms with E-state index >= 15 is 0 Å². The molecule has 1 saturated heterocycles. The fourth-order valence-corrected chi connectivity index (χ4v) is 5.44. The maximum Gasteiger partial charge on any atom is 0.248 e. The highest BCUT2D eigenvalue weighted by atomic mass is 35.5. The summed E-state index contributed by atoms with van der Waals surface area (Å²) in [4.78, 5) is 23.9. The highest BCUT2D eigenvalue weighted by Crippen LogP contribution is 2.46. The number of nitrogens with one attached hydrogen (secondary N) is 2. The van der Waals surface area contributed by atoms with Crippen molar-refractivity contribution < 1.29 is 13.9 Å². The lowest BCUT2D eigenvalue weighted by molar-refractivity contribution is -0.111. The first kappa shape index (κ1) is 25.4. The number of piperidine rings is 1. The van der Waals surface area contributed by atoms with Gasteiger partial charge in [-0.25, -0.2) is 14.4 Å². The summed E-state index contributed by atoms with van der Waals surface area (Å²) in [5.41, 5.74) is 1.70. The Morgan fingerprint density at radius 1 is 1.30 bits per heavy atom. The van der Waals surface area contributed by atoms with Gasteiger partial charge in [0, 0.05) is 36.3 Å². The summed E-state index contributed by atoms with van der Waals surface area (Å²) in [6, 6.07) is 7.84. The highest BCUT2D eigenvalue weighted by Gasteiger charge is 2.40. The molecule has 0 radical (unpaired) electrons. The Morgan fingerprint density at radius 3 is 2.89 bits per heavy atom. The molecule has 1 amide bonds. The molecule has 194 valence electrons. The van der Waals surface area contributed by atoms with Crippen molar-refractivity contribution in [2.45, 2.75) is 26.2 Å². The summed E-state index contributed by atoms with van der Waals surface area (Å²) >= 11 is 5.92. The van der Waals surface area contributed by atoms with E-state index in [1.165, 1.54) is 37.7 Å². The monoisotopic (exact) mass is 523 g/mol. The third kappa shape index (κ3) is 6.02. The molecule has 1 aliphatic carbocycles. The van der Waals surface area contributed by atoms with E-state index in [9.17, 15) is 9.18 Å². The Balaban J connectivity index is 1.28. The highest BCUT2D eigenvalue weighted by molar-refractivity contribution is 6.31. The van der Waals surface area contributed by atoms with Gasteiger partial charge in [0.2, 0.25) is 5.91 Å². The Kier molecular flexibility index (Phi) is 7.58. The molecule has 37 heavy (non-hydrogen) atoms. The second-order valence-corrected chi connectivity index (χ2v) is 10.4. The average molecular weight is 524 g/mol. The van der Waals surface area contributed by atoms with Crippen LogP contribution in [0, 0.1) is 23.6 Å². The van der Waals surface area contributed by atoms with Crippen LogP contribution in [0.1, 0.15) is 26.2 Å². The number of ether oxygens (including phenoxy) is 1. The van der Waals surface area contributed by atoms with Crippen molar-refractivity contribution in [3.8, 4) is 5.75 Å². The van der Waals surface area contributed by atoms with E-state index < -0.39 is 5.82 Å². The first-order valence-corrected chi connectivity index (χ1v) is 13.0. The van der Waals surface area contributed by atoms with Crippen LogP contribution >= 0.6 is 11.6 Å². The van der Waals surface area contributed by atoms with E-state index in [1.807, 2.05) is 6.08 Å². The summed E-state index contributed by atoms with van der Waals surface area (Å²) in [5, 5.41) is 6.74. The number of nitrogens with zero attached hydrogens (tertiary/aromatic N) is 3. The minimum absolute atomic E-state index is 0.00643. The van der Waals surface area contributed by atoms with Crippen LogP contribution in [0.5, 0.6) is 5.75 Å². The fourth-order valence-electron chi connectivity index (χ4n) is 5.26. The van der Waals surface area contributed by atoms with Crippen LogP contribution in [0.15, 0.2) is 48.8 Å². The van der Waals surface area contributed by atoms with Crippen molar-refractivity contribution in [1.29, 1.82) is 0 Å². The SMILES string of the molecule is COc1cc2ncnc(Nc3ccc(F)c(Cl)c3)c2cc1NC(=O)/C=C/CN1CCCC([C@H]2CC2C)C1. The standard InChI is InChI=1S/C28H31ClFN5O2/c1-17-11-20(17)18-5-3-9-35(15-18)10-4-6-27(36)34-25-13-21-24(14-26(25)37-2)31-16-32-28(21)33-19-7-8-23(30)22(29)12-19/h4,6-8,12-14,16-18,20H,3,5,9-11,15H2,1-2H3,(H,34,36)(H,31,32,33)/b6-4+/t17?,18?,20-/m0/s1. The quantitative estimate of drug-likeness (QED) is 0.351. The van der Waals surface area contributed by atoms with E-state index in [-0.39, 0.29) is 10.9 Å². The van der Waals surface area contributed by atoms with Gasteiger partial charge in [0.1, 0.15) is 23.7 Å². The molecule has 2 N–H and O–H groups in total. The van der Waals surface area contributed by atoms with Crippen LogP contribution in [0.2, 0.25) is 5.02 Å². The number of likely N-dealkylation sites (tertiary alicyclic amines) is 1. The van der Waals surface area contributed by atoms with Crippen LogP contribution in [-0.2, 0) is 4.79 Å². The molecule has 0 spiro atoms. The summed E-state index contributed by atoms with van der Waals surface area (Å²) in [6.45, 7) is 5.31. The number of rotatable bonds is 8. The number of hydrogen-bond donors (Lipinski definition) is 2. The molecule has 3 atom stereocenters. The lowest BCUT2D eigenvalue weighted by atomic mass is 9.92. The number of benzene rings is 2. The number of methoxy groups -OCH3 is 1. The summed E-state index contributed by atoms with van der Waals surface area (Å²) in [6.07, 6.45) is 8.84. The van der Waals surface area contributed by atoms with Crippen LogP contribution < -0.4 is 15.4 Å². The molecule has 2 unspecified atom stereocenters. The van der Waals surface area contributed by atoms with Gasteiger partial charge in [0.25, 0.3) is 0 Å². The molecule has 1 aliphatic heterocycles. The van der Waals surface area contributed by atoms with Gasteiger partial charge in [0.05, 0.1) is 23.3 Å². The number of carbonyl (C=O) groups excluding carboxylic acids is 1. The number of carbonyl (C=O) groups is 1. The maximum atomic E-state index is 13.6. The zero-order valence-electron chi connectivity index (χ0n) is 21.0. The first-order chi connectivity index (χ1) is 17.9. The van der Waals surface area contributed by atoms with Crippen molar-refractivity contribution in [1.82, 2.24) is 14.9 Å². The van der Waals surface area contributed by atoms with E-state index in [1.54, 1.807) is 31.4 Å². The topological polar surface area (TPSA) is 79.4 Å². The Hall–Kier alpha value is -3.23. The Morgan fingerprint density at radius 2 is 2.14 bits per heavy atom. The molecule has 2 heterocycles. The average Bonchev–Trinajstić information content (AvgIpc) is 3.63. The third-order valence-electron chi connectivity index (χ3n) is 7.35. The number of fused-ring (bicyclic) bond motifs is 1. The summed E-state index contributed by atoms with van der Waals surface area (Å²) in [7, 11) is 1.54. The van der Waals surface area contributed by atoms with E-state index in [2.05, 4.69) is 32.4 Å². The van der Waals surface area contributed by atoms with Gasteiger partial charge in [-0.1, -0.05) is 24.6 Å². The molecule has 3 aromatic rings. The van der Waals surface area contributed by atoms with Gasteiger partial charge in [-0.3, -0.25) is 9.69 Å². The lowest BCUT2D eigenvalue weighted by Gasteiger charge is -2.32. The minimum atomic E-state index is -0.500. The molecule has 1 aromatic heterocycles. The number of aromatic nitrogens is 2. The largest absolute Gasteiger partial charge is 0.494 e. The van der Waals surface area contributed by atoms with Gasteiger partial charge >= 0.3 is 0 Å². The van der Waals surface area contributed by atoms with Crippen molar-refractivity contribution in [2.24, 2.45) is 17.8 Å².